The van der Waals surface area contributed by atoms with E-state index in [0.717, 1.165) is 31.5 Å². The lowest BCUT2D eigenvalue weighted by molar-refractivity contribution is 0.284. The lowest BCUT2D eigenvalue weighted by Crippen LogP contribution is -2.15. The molecule has 0 radical (unpaired) electrons. The molecule has 1 aromatic rings. The number of hydrogen-bond acceptors (Lipinski definition) is 3. The molecule has 1 heterocycles. The quantitative estimate of drug-likeness (QED) is 0.753. The third-order valence-electron chi connectivity index (χ3n) is 2.06. The summed E-state index contributed by atoms with van der Waals surface area (Å²) in [5.41, 5.74) is 1.25. The van der Waals surface area contributed by atoms with Crippen molar-refractivity contribution in [3.63, 3.8) is 0 Å². The van der Waals surface area contributed by atoms with Crippen molar-refractivity contribution in [3.8, 4) is 0 Å². The highest BCUT2D eigenvalue weighted by molar-refractivity contribution is 4.92. The van der Waals surface area contributed by atoms with E-state index in [9.17, 15) is 0 Å². The first-order valence-corrected chi connectivity index (χ1v) is 5.51. The van der Waals surface area contributed by atoms with Gasteiger partial charge in [-0.3, -0.25) is 4.68 Å². The van der Waals surface area contributed by atoms with E-state index in [0.29, 0.717) is 0 Å². The number of aromatic nitrogens is 3. The van der Waals surface area contributed by atoms with E-state index in [2.05, 4.69) is 31.1 Å². The Morgan fingerprint density at radius 3 is 2.67 bits per heavy atom. The highest BCUT2D eigenvalue weighted by Gasteiger charge is 2.12. The zero-order valence-corrected chi connectivity index (χ0v) is 9.90. The van der Waals surface area contributed by atoms with Crippen LogP contribution in [0.25, 0.3) is 0 Å². The van der Waals surface area contributed by atoms with Crippen LogP contribution < -0.4 is 0 Å². The average Bonchev–Trinajstić information content (AvgIpc) is 2.50. The summed E-state index contributed by atoms with van der Waals surface area (Å²) in [6, 6.07) is 0. The molecular weight excluding hydrogens is 190 g/mol. The fourth-order valence-electron chi connectivity index (χ4n) is 1.43. The Morgan fingerprint density at radius 1 is 1.33 bits per heavy atom. The molecule has 0 amide bonds. The van der Waals surface area contributed by atoms with Gasteiger partial charge in [-0.15, -0.1) is 5.10 Å². The van der Waals surface area contributed by atoms with Gasteiger partial charge < -0.3 is 5.11 Å². The Morgan fingerprint density at radius 2 is 2.07 bits per heavy atom. The topological polar surface area (TPSA) is 50.9 Å². The van der Waals surface area contributed by atoms with Crippen LogP contribution in [0, 0.1) is 5.41 Å². The Balaban J connectivity index is 2.42. The fraction of sp³-hybridized carbons (Fsp3) is 0.818. The number of unbranched alkanes of at least 4 members (excludes halogenated alkanes) is 1. The molecule has 0 aliphatic heterocycles. The molecule has 1 rings (SSSR count). The number of aliphatic hydroxyl groups excluding tert-OH is 1. The van der Waals surface area contributed by atoms with Gasteiger partial charge in [-0.05, 0) is 24.7 Å². The molecule has 0 saturated carbocycles. The highest BCUT2D eigenvalue weighted by Crippen LogP contribution is 2.15. The Labute approximate surface area is 91.3 Å². The van der Waals surface area contributed by atoms with Crippen molar-refractivity contribution in [2.75, 3.05) is 6.61 Å². The van der Waals surface area contributed by atoms with Crippen molar-refractivity contribution in [1.29, 1.82) is 0 Å². The van der Waals surface area contributed by atoms with Crippen LogP contribution in [0.1, 0.15) is 39.3 Å². The molecule has 0 aliphatic rings. The molecule has 15 heavy (non-hydrogen) atoms. The second-order valence-corrected chi connectivity index (χ2v) is 5.15. The van der Waals surface area contributed by atoms with Crippen molar-refractivity contribution < 1.29 is 5.11 Å². The van der Waals surface area contributed by atoms with Crippen LogP contribution in [0.15, 0.2) is 6.20 Å². The first-order chi connectivity index (χ1) is 7.01. The predicted octanol–water partition coefficient (Wildman–Crippen LogP) is 1.64. The van der Waals surface area contributed by atoms with Gasteiger partial charge in [-0.25, -0.2) is 0 Å². The lowest BCUT2D eigenvalue weighted by atomic mass is 9.97. The van der Waals surface area contributed by atoms with Gasteiger partial charge in [0.15, 0.2) is 0 Å². The highest BCUT2D eigenvalue weighted by atomic mass is 16.2. The number of aryl methyl sites for hydroxylation is 1. The molecular formula is C11H21N3O. The third kappa shape index (κ3) is 4.93. The summed E-state index contributed by atoms with van der Waals surface area (Å²) in [5.74, 6) is 0. The summed E-state index contributed by atoms with van der Waals surface area (Å²) in [5, 5.41) is 16.8. The van der Waals surface area contributed by atoms with Gasteiger partial charge in [0.1, 0.15) is 0 Å². The minimum Gasteiger partial charge on any atom is -0.396 e. The molecule has 86 valence electrons. The summed E-state index contributed by atoms with van der Waals surface area (Å²) in [4.78, 5) is 0. The van der Waals surface area contributed by atoms with Crippen LogP contribution in [-0.2, 0) is 13.0 Å². The van der Waals surface area contributed by atoms with E-state index in [-0.39, 0.29) is 12.0 Å². The van der Waals surface area contributed by atoms with Crippen molar-refractivity contribution in [1.82, 2.24) is 15.0 Å². The molecule has 0 saturated heterocycles. The minimum atomic E-state index is 0.232. The molecule has 0 spiro atoms. The maximum Gasteiger partial charge on any atom is 0.0827 e. The van der Waals surface area contributed by atoms with Gasteiger partial charge in [0.05, 0.1) is 5.69 Å². The molecule has 0 fully saturated rings. The monoisotopic (exact) mass is 211 g/mol. The summed E-state index contributed by atoms with van der Waals surface area (Å²) in [6.45, 7) is 7.69. The summed E-state index contributed by atoms with van der Waals surface area (Å²) >= 11 is 0. The van der Waals surface area contributed by atoms with Crippen molar-refractivity contribution in [2.24, 2.45) is 5.41 Å². The number of hydrogen-bond donors (Lipinski definition) is 1. The van der Waals surface area contributed by atoms with Crippen molar-refractivity contribution >= 4 is 0 Å². The van der Waals surface area contributed by atoms with Gasteiger partial charge in [0.2, 0.25) is 0 Å². The predicted molar refractivity (Wildman–Crippen MR) is 59.5 cm³/mol. The normalized spacial score (nSPS) is 12.0. The third-order valence-corrected chi connectivity index (χ3v) is 2.06. The maximum absolute atomic E-state index is 8.66. The molecule has 1 aromatic heterocycles. The molecule has 0 aliphatic carbocycles. The lowest BCUT2D eigenvalue weighted by Gasteiger charge is -2.16. The maximum atomic E-state index is 8.66. The standard InChI is InChI=1S/C11H21N3O/c1-11(2,3)9-14-8-10(12-13-14)6-4-5-7-15/h8,15H,4-7,9H2,1-3H3. The van der Waals surface area contributed by atoms with Gasteiger partial charge >= 0.3 is 0 Å². The van der Waals surface area contributed by atoms with Crippen LogP contribution in [0.2, 0.25) is 0 Å². The molecule has 4 nitrogen and oxygen atoms in total. The Hall–Kier alpha value is -0.900. The number of nitrogens with zero attached hydrogens (tertiary/aromatic N) is 3. The summed E-state index contributed by atoms with van der Waals surface area (Å²) < 4.78 is 1.90. The van der Waals surface area contributed by atoms with Gasteiger partial charge in [-0.1, -0.05) is 26.0 Å². The van der Waals surface area contributed by atoms with Crippen LogP contribution in [-0.4, -0.2) is 26.7 Å². The molecule has 1 N–H and O–H groups in total. The van der Waals surface area contributed by atoms with Crippen LogP contribution in [0.4, 0.5) is 0 Å². The first-order valence-electron chi connectivity index (χ1n) is 5.51. The van der Waals surface area contributed by atoms with E-state index in [1.165, 1.54) is 0 Å². The van der Waals surface area contributed by atoms with E-state index in [1.54, 1.807) is 0 Å². The van der Waals surface area contributed by atoms with E-state index in [4.69, 9.17) is 5.11 Å². The van der Waals surface area contributed by atoms with Gasteiger partial charge in [0, 0.05) is 19.3 Å². The molecule has 0 atom stereocenters. The summed E-state index contributed by atoms with van der Waals surface area (Å²) in [7, 11) is 0. The molecule has 0 aromatic carbocycles. The van der Waals surface area contributed by atoms with Crippen LogP contribution in [0.3, 0.4) is 0 Å². The van der Waals surface area contributed by atoms with Crippen molar-refractivity contribution in [2.45, 2.75) is 46.6 Å². The second kappa shape index (κ2) is 5.26. The molecule has 0 bridgehead atoms. The Bertz CT molecular complexity index is 288. The van der Waals surface area contributed by atoms with E-state index < -0.39 is 0 Å². The largest absolute Gasteiger partial charge is 0.396 e. The van der Waals surface area contributed by atoms with E-state index in [1.807, 2.05) is 10.9 Å². The van der Waals surface area contributed by atoms with Crippen molar-refractivity contribution in [3.05, 3.63) is 11.9 Å². The Kier molecular flexibility index (Phi) is 4.27. The zero-order valence-electron chi connectivity index (χ0n) is 9.90. The van der Waals surface area contributed by atoms with Gasteiger partial charge in [0.25, 0.3) is 0 Å². The fourth-order valence-corrected chi connectivity index (χ4v) is 1.43. The average molecular weight is 211 g/mol. The zero-order chi connectivity index (χ0) is 11.3. The first kappa shape index (κ1) is 12.2. The molecule has 4 heteroatoms. The number of rotatable bonds is 5. The van der Waals surface area contributed by atoms with Crippen LogP contribution in [0.5, 0.6) is 0 Å². The van der Waals surface area contributed by atoms with Crippen LogP contribution >= 0.6 is 0 Å². The minimum absolute atomic E-state index is 0.232. The number of aliphatic hydroxyl groups is 1. The summed E-state index contributed by atoms with van der Waals surface area (Å²) in [6.07, 6.45) is 4.73. The van der Waals surface area contributed by atoms with Gasteiger partial charge in [-0.2, -0.15) is 0 Å². The van der Waals surface area contributed by atoms with E-state index >= 15 is 0 Å². The SMILES string of the molecule is CC(C)(C)Cn1cc(CCCCO)nn1. The second-order valence-electron chi connectivity index (χ2n) is 5.15. The smallest absolute Gasteiger partial charge is 0.0827 e. The molecule has 0 unspecified atom stereocenters.